The van der Waals surface area contributed by atoms with Crippen molar-refractivity contribution < 1.29 is 14.3 Å². The molecule has 2 aromatic rings. The lowest BCUT2D eigenvalue weighted by Crippen LogP contribution is -2.42. The summed E-state index contributed by atoms with van der Waals surface area (Å²) >= 11 is 0. The van der Waals surface area contributed by atoms with Crippen LogP contribution in [0.5, 0.6) is 5.88 Å². The highest BCUT2D eigenvalue weighted by atomic mass is 16.6. The molecule has 0 bridgehead atoms. The molecule has 3 rings (SSSR count). The molecule has 0 saturated carbocycles. The predicted molar refractivity (Wildman–Crippen MR) is 108 cm³/mol. The van der Waals surface area contributed by atoms with Crippen molar-refractivity contribution in [3.63, 3.8) is 0 Å². The van der Waals surface area contributed by atoms with Crippen LogP contribution in [0, 0.1) is 18.3 Å². The molecule has 152 valence electrons. The van der Waals surface area contributed by atoms with E-state index in [1.807, 2.05) is 45.0 Å². The Labute approximate surface area is 170 Å². The minimum atomic E-state index is -0.303. The first-order chi connectivity index (χ1) is 14.0. The summed E-state index contributed by atoms with van der Waals surface area (Å²) in [4.78, 5) is 22.0. The zero-order chi connectivity index (χ0) is 20.8. The van der Waals surface area contributed by atoms with Crippen LogP contribution < -0.4 is 10.1 Å². The number of benzene rings is 1. The molecule has 2 heterocycles. The van der Waals surface area contributed by atoms with Gasteiger partial charge in [-0.2, -0.15) is 5.26 Å². The molecule has 1 saturated heterocycles. The van der Waals surface area contributed by atoms with Crippen molar-refractivity contribution in [3.05, 3.63) is 41.7 Å². The number of piperidine rings is 1. The van der Waals surface area contributed by atoms with Crippen LogP contribution in [0.4, 0.5) is 16.3 Å². The van der Waals surface area contributed by atoms with Gasteiger partial charge >= 0.3 is 6.09 Å². The molecule has 1 aliphatic heterocycles. The molecule has 1 fully saturated rings. The lowest BCUT2D eigenvalue weighted by molar-refractivity contribution is 0.0506. The number of nitriles is 1. The summed E-state index contributed by atoms with van der Waals surface area (Å²) in [6.07, 6.45) is 2.08. The van der Waals surface area contributed by atoms with Crippen LogP contribution in [0.25, 0.3) is 0 Å². The number of hydrogen-bond acceptors (Lipinski definition) is 7. The van der Waals surface area contributed by atoms with Crippen LogP contribution in [0.15, 0.2) is 30.6 Å². The van der Waals surface area contributed by atoms with Gasteiger partial charge in [0.1, 0.15) is 18.5 Å². The number of nitrogens with zero attached hydrogens (tertiary/aromatic N) is 4. The Morgan fingerprint density at radius 2 is 1.93 bits per heavy atom. The topological polar surface area (TPSA) is 100 Å². The summed E-state index contributed by atoms with van der Waals surface area (Å²) in [5.74, 6) is 0.652. The number of aromatic nitrogens is 2. The summed E-state index contributed by atoms with van der Waals surface area (Å²) in [6.45, 7) is 6.74. The minimum absolute atomic E-state index is 0.132. The predicted octanol–water partition coefficient (Wildman–Crippen LogP) is 3.79. The number of carbonyl (C=O) groups is 1. The Bertz CT molecular complexity index is 884. The molecular formula is C21H25N5O3. The number of anilines is 2. The van der Waals surface area contributed by atoms with Gasteiger partial charge in [-0.25, -0.2) is 14.8 Å². The van der Waals surface area contributed by atoms with E-state index in [2.05, 4.69) is 21.4 Å². The van der Waals surface area contributed by atoms with Gasteiger partial charge in [0.05, 0.1) is 6.10 Å². The van der Waals surface area contributed by atoms with Crippen LogP contribution in [0.1, 0.15) is 37.8 Å². The van der Waals surface area contributed by atoms with Crippen molar-refractivity contribution in [2.45, 2.75) is 45.8 Å². The quantitative estimate of drug-likeness (QED) is 0.822. The largest absolute Gasteiger partial charge is 0.473 e. The first-order valence-corrected chi connectivity index (χ1v) is 9.67. The van der Waals surface area contributed by atoms with Crippen LogP contribution in [-0.2, 0) is 4.74 Å². The Hall–Kier alpha value is -3.34. The molecule has 1 aliphatic rings. The lowest BCUT2D eigenvalue weighted by Gasteiger charge is -2.31. The third-order valence-corrected chi connectivity index (χ3v) is 4.55. The van der Waals surface area contributed by atoms with Crippen molar-refractivity contribution >= 4 is 17.6 Å². The van der Waals surface area contributed by atoms with E-state index in [4.69, 9.17) is 9.47 Å². The molecule has 8 heteroatoms. The Kier molecular flexibility index (Phi) is 6.50. The van der Waals surface area contributed by atoms with Gasteiger partial charge in [-0.15, -0.1) is 0 Å². The monoisotopic (exact) mass is 395 g/mol. The van der Waals surface area contributed by atoms with Gasteiger partial charge in [0, 0.05) is 31.6 Å². The van der Waals surface area contributed by atoms with Gasteiger partial charge in [-0.1, -0.05) is 17.7 Å². The van der Waals surface area contributed by atoms with Crippen molar-refractivity contribution in [1.29, 1.82) is 5.26 Å². The minimum Gasteiger partial charge on any atom is -0.473 e. The average molecular weight is 395 g/mol. The third-order valence-electron chi connectivity index (χ3n) is 4.55. The smallest absolute Gasteiger partial charge is 0.410 e. The first kappa shape index (κ1) is 20.4. The fourth-order valence-corrected chi connectivity index (χ4v) is 3.02. The molecule has 0 atom stereocenters. The van der Waals surface area contributed by atoms with Gasteiger partial charge in [0.25, 0.3) is 0 Å². The van der Waals surface area contributed by atoms with Gasteiger partial charge < -0.3 is 19.7 Å². The number of aryl methyl sites for hydroxylation is 1. The second-order valence-corrected chi connectivity index (χ2v) is 7.24. The van der Waals surface area contributed by atoms with Crippen LogP contribution in [-0.4, -0.2) is 46.3 Å². The number of likely N-dealkylation sites (tertiary alicyclic amines) is 1. The molecule has 1 aromatic heterocycles. The molecular weight excluding hydrogens is 370 g/mol. The highest BCUT2D eigenvalue weighted by Crippen LogP contribution is 2.27. The SMILES string of the molecule is Cc1ccc(Nc2ncnc(OC3CCN(C(=O)OC(C)C)CC3)c2C#N)cc1. The van der Waals surface area contributed by atoms with E-state index in [1.165, 1.54) is 6.33 Å². The molecule has 8 nitrogen and oxygen atoms in total. The van der Waals surface area contributed by atoms with Crippen LogP contribution in [0.3, 0.4) is 0 Å². The number of rotatable bonds is 5. The molecule has 0 radical (unpaired) electrons. The average Bonchev–Trinajstić information content (AvgIpc) is 2.70. The van der Waals surface area contributed by atoms with E-state index in [0.717, 1.165) is 11.3 Å². The molecule has 0 unspecified atom stereocenters. The van der Waals surface area contributed by atoms with Gasteiger partial charge in [-0.3, -0.25) is 0 Å². The molecule has 0 aliphatic carbocycles. The van der Waals surface area contributed by atoms with Crippen LogP contribution in [0.2, 0.25) is 0 Å². The number of amides is 1. The second kappa shape index (κ2) is 9.24. The Balaban J connectivity index is 1.65. The molecule has 0 spiro atoms. The zero-order valence-electron chi connectivity index (χ0n) is 16.9. The molecule has 1 amide bonds. The van der Waals surface area contributed by atoms with E-state index in [-0.39, 0.29) is 29.7 Å². The summed E-state index contributed by atoms with van der Waals surface area (Å²) in [7, 11) is 0. The normalized spacial score (nSPS) is 14.4. The van der Waals surface area contributed by atoms with E-state index in [0.29, 0.717) is 31.7 Å². The van der Waals surface area contributed by atoms with Crippen molar-refractivity contribution in [2.75, 3.05) is 18.4 Å². The lowest BCUT2D eigenvalue weighted by atomic mass is 10.1. The zero-order valence-corrected chi connectivity index (χ0v) is 16.9. The van der Waals surface area contributed by atoms with Crippen molar-refractivity contribution in [2.24, 2.45) is 0 Å². The number of ether oxygens (including phenoxy) is 2. The van der Waals surface area contributed by atoms with E-state index >= 15 is 0 Å². The highest BCUT2D eigenvalue weighted by molar-refractivity contribution is 5.68. The van der Waals surface area contributed by atoms with E-state index in [9.17, 15) is 10.1 Å². The van der Waals surface area contributed by atoms with Crippen molar-refractivity contribution in [1.82, 2.24) is 14.9 Å². The highest BCUT2D eigenvalue weighted by Gasteiger charge is 2.26. The van der Waals surface area contributed by atoms with Crippen LogP contribution >= 0.6 is 0 Å². The summed E-state index contributed by atoms with van der Waals surface area (Å²) in [6, 6.07) is 9.93. The summed E-state index contributed by atoms with van der Waals surface area (Å²) < 4.78 is 11.2. The third kappa shape index (κ3) is 5.35. The number of carbonyl (C=O) groups excluding carboxylic acids is 1. The summed E-state index contributed by atoms with van der Waals surface area (Å²) in [5.41, 5.74) is 2.23. The maximum Gasteiger partial charge on any atom is 0.410 e. The number of nitrogens with one attached hydrogen (secondary N) is 1. The molecule has 29 heavy (non-hydrogen) atoms. The van der Waals surface area contributed by atoms with Gasteiger partial charge in [-0.05, 0) is 32.9 Å². The first-order valence-electron chi connectivity index (χ1n) is 9.67. The number of hydrogen-bond donors (Lipinski definition) is 1. The standard InChI is InChI=1S/C21H25N5O3/c1-14(2)28-21(27)26-10-8-17(9-11-26)29-20-18(12-22)19(23-13-24-20)25-16-6-4-15(3)5-7-16/h4-7,13-14,17H,8-11H2,1-3H3,(H,23,24,25). The van der Waals surface area contributed by atoms with Crippen molar-refractivity contribution in [3.8, 4) is 11.9 Å². The Morgan fingerprint density at radius 3 is 2.55 bits per heavy atom. The molecule has 1 N–H and O–H groups in total. The maximum atomic E-state index is 12.0. The van der Waals surface area contributed by atoms with Gasteiger partial charge in [0.2, 0.25) is 5.88 Å². The second-order valence-electron chi connectivity index (χ2n) is 7.24. The maximum absolute atomic E-state index is 12.0. The summed E-state index contributed by atoms with van der Waals surface area (Å²) in [5, 5.41) is 12.8. The Morgan fingerprint density at radius 1 is 1.24 bits per heavy atom. The van der Waals surface area contributed by atoms with E-state index < -0.39 is 0 Å². The fraction of sp³-hybridized carbons (Fsp3) is 0.429. The molecule has 1 aromatic carbocycles. The van der Waals surface area contributed by atoms with Gasteiger partial charge in [0.15, 0.2) is 11.4 Å². The van der Waals surface area contributed by atoms with E-state index in [1.54, 1.807) is 4.90 Å². The fourth-order valence-electron chi connectivity index (χ4n) is 3.02.